The standard InChI is InChI=1S/C20H27N3O3S/c1-4-16-5-7-17(8-6-16)13-23(3)14-20(24)22-15(2)18-9-11-19(12-10-18)27(21,25)26/h5-12,15H,4,13-14H2,1-3H3,(H,22,24)(H2,21,25,26)/t15-/m0/s1. The van der Waals surface area contributed by atoms with Crippen molar-refractivity contribution < 1.29 is 13.2 Å². The molecule has 0 unspecified atom stereocenters. The zero-order chi connectivity index (χ0) is 20.0. The van der Waals surface area contributed by atoms with Gasteiger partial charge in [-0.2, -0.15) is 0 Å². The number of nitrogens with one attached hydrogen (secondary N) is 1. The van der Waals surface area contributed by atoms with Gasteiger partial charge in [0.15, 0.2) is 0 Å². The van der Waals surface area contributed by atoms with Gasteiger partial charge in [0.2, 0.25) is 15.9 Å². The van der Waals surface area contributed by atoms with Crippen LogP contribution in [0.2, 0.25) is 0 Å². The van der Waals surface area contributed by atoms with Gasteiger partial charge in [0, 0.05) is 6.54 Å². The highest BCUT2D eigenvalue weighted by Crippen LogP contribution is 2.15. The highest BCUT2D eigenvalue weighted by molar-refractivity contribution is 7.89. The summed E-state index contributed by atoms with van der Waals surface area (Å²) in [4.78, 5) is 14.3. The summed E-state index contributed by atoms with van der Waals surface area (Å²) >= 11 is 0. The maximum atomic E-state index is 12.3. The van der Waals surface area contributed by atoms with E-state index >= 15 is 0 Å². The SMILES string of the molecule is CCc1ccc(CN(C)CC(=O)N[C@@H](C)c2ccc(S(N)(=O)=O)cc2)cc1. The molecule has 0 bridgehead atoms. The minimum atomic E-state index is -3.71. The second-order valence-electron chi connectivity index (χ2n) is 6.75. The number of nitrogens with zero attached hydrogens (tertiary/aromatic N) is 1. The first-order valence-corrected chi connectivity index (χ1v) is 10.4. The van der Waals surface area contributed by atoms with E-state index < -0.39 is 10.0 Å². The molecule has 0 aliphatic heterocycles. The summed E-state index contributed by atoms with van der Waals surface area (Å²) in [5, 5.41) is 8.02. The molecular formula is C20H27N3O3S. The third kappa shape index (κ3) is 6.46. The van der Waals surface area contributed by atoms with Crippen LogP contribution in [-0.4, -0.2) is 32.8 Å². The van der Waals surface area contributed by atoms with Crippen LogP contribution in [0, 0.1) is 0 Å². The fourth-order valence-electron chi connectivity index (χ4n) is 2.81. The molecule has 1 atom stereocenters. The van der Waals surface area contributed by atoms with Crippen LogP contribution in [0.1, 0.15) is 36.6 Å². The van der Waals surface area contributed by atoms with Gasteiger partial charge in [-0.25, -0.2) is 13.6 Å². The van der Waals surface area contributed by atoms with E-state index in [1.54, 1.807) is 12.1 Å². The van der Waals surface area contributed by atoms with Crippen LogP contribution < -0.4 is 10.5 Å². The summed E-state index contributed by atoms with van der Waals surface area (Å²) in [5.74, 6) is -0.0919. The van der Waals surface area contributed by atoms with E-state index in [2.05, 4.69) is 36.5 Å². The maximum absolute atomic E-state index is 12.3. The van der Waals surface area contributed by atoms with Gasteiger partial charge in [-0.1, -0.05) is 43.3 Å². The molecule has 0 spiro atoms. The molecule has 1 amide bonds. The molecule has 146 valence electrons. The predicted octanol–water partition coefficient (Wildman–Crippen LogP) is 2.21. The average Bonchev–Trinajstić information content (AvgIpc) is 2.61. The molecule has 0 aromatic heterocycles. The molecule has 3 N–H and O–H groups in total. The topological polar surface area (TPSA) is 92.5 Å². The van der Waals surface area contributed by atoms with Gasteiger partial charge >= 0.3 is 0 Å². The average molecular weight is 390 g/mol. The summed E-state index contributed by atoms with van der Waals surface area (Å²) in [6.45, 7) is 4.94. The summed E-state index contributed by atoms with van der Waals surface area (Å²) < 4.78 is 22.6. The summed E-state index contributed by atoms with van der Waals surface area (Å²) in [5.41, 5.74) is 3.27. The van der Waals surface area contributed by atoms with Gasteiger partial charge in [-0.05, 0) is 49.2 Å². The monoisotopic (exact) mass is 389 g/mol. The lowest BCUT2D eigenvalue weighted by Crippen LogP contribution is -2.36. The van der Waals surface area contributed by atoms with Crippen molar-refractivity contribution in [2.75, 3.05) is 13.6 Å². The molecule has 27 heavy (non-hydrogen) atoms. The quantitative estimate of drug-likeness (QED) is 0.724. The van der Waals surface area contributed by atoms with Crippen LogP contribution in [-0.2, 0) is 27.8 Å². The fourth-order valence-corrected chi connectivity index (χ4v) is 3.33. The smallest absolute Gasteiger partial charge is 0.238 e. The molecule has 0 saturated heterocycles. The van der Waals surface area contributed by atoms with E-state index in [4.69, 9.17) is 5.14 Å². The maximum Gasteiger partial charge on any atom is 0.238 e. The van der Waals surface area contributed by atoms with Gasteiger partial charge in [0.25, 0.3) is 0 Å². The third-order valence-electron chi connectivity index (χ3n) is 4.38. The van der Waals surface area contributed by atoms with Crippen molar-refractivity contribution in [2.24, 2.45) is 5.14 Å². The minimum Gasteiger partial charge on any atom is -0.348 e. The largest absolute Gasteiger partial charge is 0.348 e. The lowest BCUT2D eigenvalue weighted by molar-refractivity contribution is -0.122. The van der Waals surface area contributed by atoms with E-state index in [1.165, 1.54) is 17.7 Å². The summed E-state index contributed by atoms with van der Waals surface area (Å²) in [6, 6.07) is 14.4. The molecule has 2 aromatic carbocycles. The number of sulfonamides is 1. The number of carbonyl (C=O) groups excluding carboxylic acids is 1. The molecule has 2 aromatic rings. The molecule has 0 fully saturated rings. The third-order valence-corrected chi connectivity index (χ3v) is 5.31. The molecular weight excluding hydrogens is 362 g/mol. The van der Waals surface area contributed by atoms with Gasteiger partial charge in [-0.15, -0.1) is 0 Å². The molecule has 6 nitrogen and oxygen atoms in total. The lowest BCUT2D eigenvalue weighted by atomic mass is 10.1. The molecule has 0 aliphatic carbocycles. The van der Waals surface area contributed by atoms with E-state index in [9.17, 15) is 13.2 Å². The zero-order valence-corrected chi connectivity index (χ0v) is 16.8. The number of primary sulfonamides is 1. The molecule has 0 aliphatic rings. The van der Waals surface area contributed by atoms with E-state index in [0.29, 0.717) is 6.54 Å². The molecule has 7 heteroatoms. The van der Waals surface area contributed by atoms with Crippen molar-refractivity contribution in [3.8, 4) is 0 Å². The van der Waals surface area contributed by atoms with E-state index in [1.807, 2.05) is 18.9 Å². The Labute approximate surface area is 161 Å². The van der Waals surface area contributed by atoms with E-state index in [0.717, 1.165) is 17.5 Å². The Bertz CT molecular complexity index is 862. The second kappa shape index (κ2) is 9.12. The Balaban J connectivity index is 1.88. The molecule has 0 heterocycles. The van der Waals surface area contributed by atoms with Gasteiger partial charge in [-0.3, -0.25) is 9.69 Å². The van der Waals surface area contributed by atoms with Crippen LogP contribution in [0.25, 0.3) is 0 Å². The van der Waals surface area contributed by atoms with Gasteiger partial charge in [0.1, 0.15) is 0 Å². The van der Waals surface area contributed by atoms with Crippen LogP contribution in [0.15, 0.2) is 53.4 Å². The summed E-state index contributed by atoms with van der Waals surface area (Å²) in [6.07, 6.45) is 1.01. The van der Waals surface area contributed by atoms with Gasteiger partial charge < -0.3 is 5.32 Å². The van der Waals surface area contributed by atoms with E-state index in [-0.39, 0.29) is 23.4 Å². The second-order valence-corrected chi connectivity index (χ2v) is 8.31. The van der Waals surface area contributed by atoms with Crippen LogP contribution in [0.4, 0.5) is 0 Å². The minimum absolute atomic E-state index is 0.0543. The number of likely N-dealkylation sites (N-methyl/N-ethyl adjacent to an activating group) is 1. The highest BCUT2D eigenvalue weighted by atomic mass is 32.2. The fraction of sp³-hybridized carbons (Fsp3) is 0.350. The zero-order valence-electron chi connectivity index (χ0n) is 16.0. The molecule has 2 rings (SSSR count). The number of benzene rings is 2. The van der Waals surface area contributed by atoms with Crippen LogP contribution in [0.3, 0.4) is 0 Å². The number of hydrogen-bond acceptors (Lipinski definition) is 4. The predicted molar refractivity (Wildman–Crippen MR) is 107 cm³/mol. The Morgan fingerprint density at radius 1 is 1.07 bits per heavy atom. The first kappa shape index (κ1) is 21.1. The Kier molecular flexibility index (Phi) is 7.12. The number of aryl methyl sites for hydroxylation is 1. The highest BCUT2D eigenvalue weighted by Gasteiger charge is 2.13. The number of carbonyl (C=O) groups is 1. The normalized spacial score (nSPS) is 12.8. The van der Waals surface area contributed by atoms with Crippen molar-refractivity contribution in [1.82, 2.24) is 10.2 Å². The van der Waals surface area contributed by atoms with Crippen LogP contribution >= 0.6 is 0 Å². The van der Waals surface area contributed by atoms with Gasteiger partial charge in [0.05, 0.1) is 17.5 Å². The Hall–Kier alpha value is -2.22. The van der Waals surface area contributed by atoms with Crippen LogP contribution in [0.5, 0.6) is 0 Å². The van der Waals surface area contributed by atoms with Crippen molar-refractivity contribution in [1.29, 1.82) is 0 Å². The number of hydrogen-bond donors (Lipinski definition) is 2. The van der Waals surface area contributed by atoms with Crippen molar-refractivity contribution in [2.45, 2.75) is 37.8 Å². The molecule has 0 saturated carbocycles. The first-order valence-electron chi connectivity index (χ1n) is 8.87. The number of nitrogens with two attached hydrogens (primary N) is 1. The Morgan fingerprint density at radius 3 is 2.15 bits per heavy atom. The summed E-state index contributed by atoms with van der Waals surface area (Å²) in [7, 11) is -1.81. The number of rotatable bonds is 8. The Morgan fingerprint density at radius 2 is 1.63 bits per heavy atom. The van der Waals surface area contributed by atoms with Crippen molar-refractivity contribution in [3.05, 3.63) is 65.2 Å². The van der Waals surface area contributed by atoms with Crippen molar-refractivity contribution >= 4 is 15.9 Å². The molecule has 0 radical (unpaired) electrons. The van der Waals surface area contributed by atoms with Crippen molar-refractivity contribution in [3.63, 3.8) is 0 Å². The first-order chi connectivity index (χ1) is 12.7. The lowest BCUT2D eigenvalue weighted by Gasteiger charge is -2.19. The number of amides is 1.